The zero-order chi connectivity index (χ0) is 20.0. The van der Waals surface area contributed by atoms with E-state index in [1.54, 1.807) is 19.1 Å². The molecule has 0 radical (unpaired) electrons. The van der Waals surface area contributed by atoms with E-state index in [-0.39, 0.29) is 30.3 Å². The van der Waals surface area contributed by atoms with E-state index in [2.05, 4.69) is 0 Å². The van der Waals surface area contributed by atoms with Crippen LogP contribution in [-0.4, -0.2) is 40.8 Å². The molecule has 2 aromatic rings. The second kappa shape index (κ2) is 6.89. The van der Waals surface area contributed by atoms with Crippen molar-refractivity contribution in [3.05, 3.63) is 58.3 Å². The fourth-order valence-corrected chi connectivity index (χ4v) is 4.29. The highest BCUT2D eigenvalue weighted by molar-refractivity contribution is 6.10. The van der Waals surface area contributed by atoms with Crippen molar-refractivity contribution in [1.29, 1.82) is 0 Å². The summed E-state index contributed by atoms with van der Waals surface area (Å²) < 4.78 is 18.9. The lowest BCUT2D eigenvalue weighted by Gasteiger charge is -2.18. The van der Waals surface area contributed by atoms with Gasteiger partial charge in [0, 0.05) is 31.8 Å². The number of fused-ring (bicyclic) bond motifs is 1. The Morgan fingerprint density at radius 1 is 1.18 bits per heavy atom. The van der Waals surface area contributed by atoms with Crippen molar-refractivity contribution in [2.45, 2.75) is 32.1 Å². The summed E-state index contributed by atoms with van der Waals surface area (Å²) in [6.07, 6.45) is 1.69. The molecule has 1 aromatic heterocycles. The summed E-state index contributed by atoms with van der Waals surface area (Å²) in [5.41, 5.74) is 1.28. The summed E-state index contributed by atoms with van der Waals surface area (Å²) >= 11 is 0. The van der Waals surface area contributed by atoms with Crippen LogP contribution >= 0.6 is 0 Å². The van der Waals surface area contributed by atoms with E-state index in [1.165, 1.54) is 17.0 Å². The first-order chi connectivity index (χ1) is 13.4. The van der Waals surface area contributed by atoms with E-state index in [9.17, 15) is 23.9 Å². The molecule has 2 heterocycles. The standard InChI is InChI=1S/C21H20FNO5/c1-11-18(19-16(24)3-2-4-17(19)28-11)20(25)23-9-14(15(10-23)21(26)27)12-5-7-13(22)8-6-12/h5-8,14-15H,2-4,9-10H2,1H3,(H,26,27)/t14-,15+/m0/s1. The van der Waals surface area contributed by atoms with Gasteiger partial charge in [-0.3, -0.25) is 14.4 Å². The number of amides is 1. The van der Waals surface area contributed by atoms with Gasteiger partial charge in [-0.1, -0.05) is 12.1 Å². The van der Waals surface area contributed by atoms with Crippen molar-refractivity contribution >= 4 is 17.7 Å². The highest BCUT2D eigenvalue weighted by Gasteiger charge is 2.42. The Kier molecular flexibility index (Phi) is 4.53. The molecule has 1 fully saturated rings. The molecule has 7 heteroatoms. The number of carboxylic acids is 1. The molecular formula is C21H20FNO5. The number of hydrogen-bond donors (Lipinski definition) is 1. The minimum atomic E-state index is -1.01. The highest BCUT2D eigenvalue weighted by Crippen LogP contribution is 2.36. The van der Waals surface area contributed by atoms with Crippen LogP contribution in [0.25, 0.3) is 0 Å². The molecule has 1 aromatic carbocycles. The average Bonchev–Trinajstić information content (AvgIpc) is 3.24. The van der Waals surface area contributed by atoms with Gasteiger partial charge in [0.25, 0.3) is 5.91 Å². The third kappa shape index (κ3) is 3.00. The Balaban J connectivity index is 1.66. The number of hydrogen-bond acceptors (Lipinski definition) is 4. The molecule has 1 N–H and O–H groups in total. The maximum atomic E-state index is 13.2. The van der Waals surface area contributed by atoms with Crippen LogP contribution in [0.5, 0.6) is 0 Å². The van der Waals surface area contributed by atoms with Crippen LogP contribution in [0.15, 0.2) is 28.7 Å². The van der Waals surface area contributed by atoms with E-state index in [0.717, 1.165) is 0 Å². The van der Waals surface area contributed by atoms with Gasteiger partial charge in [-0.15, -0.1) is 0 Å². The third-order valence-corrected chi connectivity index (χ3v) is 5.68. The number of rotatable bonds is 3. The van der Waals surface area contributed by atoms with Gasteiger partial charge < -0.3 is 14.4 Å². The van der Waals surface area contributed by atoms with E-state index in [0.29, 0.717) is 41.9 Å². The number of ketones is 1. The number of aliphatic carboxylic acids is 1. The number of carbonyl (C=O) groups excluding carboxylic acids is 2. The molecule has 2 aliphatic rings. The average molecular weight is 385 g/mol. The third-order valence-electron chi connectivity index (χ3n) is 5.68. The molecule has 1 saturated heterocycles. The Morgan fingerprint density at radius 2 is 1.89 bits per heavy atom. The number of carbonyl (C=O) groups is 3. The van der Waals surface area contributed by atoms with Gasteiger partial charge in [-0.25, -0.2) is 4.39 Å². The SMILES string of the molecule is Cc1oc2c(c1C(=O)N1C[C@@H](C(=O)O)[C@H](c3ccc(F)cc3)C1)C(=O)CCC2. The summed E-state index contributed by atoms with van der Waals surface area (Å²) in [5, 5.41) is 9.63. The smallest absolute Gasteiger partial charge is 0.308 e. The molecule has 0 bridgehead atoms. The first-order valence-electron chi connectivity index (χ1n) is 9.29. The fourth-order valence-electron chi connectivity index (χ4n) is 4.29. The maximum Gasteiger partial charge on any atom is 0.308 e. The zero-order valence-corrected chi connectivity index (χ0v) is 15.4. The summed E-state index contributed by atoms with van der Waals surface area (Å²) in [6.45, 7) is 1.87. The number of likely N-dealkylation sites (tertiary alicyclic amines) is 1. The lowest BCUT2D eigenvalue weighted by molar-refractivity contribution is -0.141. The van der Waals surface area contributed by atoms with Crippen LogP contribution in [0.4, 0.5) is 4.39 Å². The molecule has 6 nitrogen and oxygen atoms in total. The van der Waals surface area contributed by atoms with Crippen LogP contribution in [-0.2, 0) is 11.2 Å². The van der Waals surface area contributed by atoms with Crippen molar-refractivity contribution in [1.82, 2.24) is 4.90 Å². The van der Waals surface area contributed by atoms with Crippen LogP contribution in [0.3, 0.4) is 0 Å². The molecule has 0 unspecified atom stereocenters. The number of halogens is 1. The summed E-state index contributed by atoms with van der Waals surface area (Å²) in [6, 6.07) is 5.68. The Morgan fingerprint density at radius 3 is 2.57 bits per heavy atom. The van der Waals surface area contributed by atoms with Crippen LogP contribution in [0, 0.1) is 18.7 Å². The minimum Gasteiger partial charge on any atom is -0.481 e. The molecule has 28 heavy (non-hydrogen) atoms. The topological polar surface area (TPSA) is 87.8 Å². The second-order valence-electron chi connectivity index (χ2n) is 7.42. The Hall–Kier alpha value is -2.96. The molecule has 0 saturated carbocycles. The number of Topliss-reactive ketones (excluding diaryl/α,β-unsaturated/α-hetero) is 1. The predicted molar refractivity (Wildman–Crippen MR) is 96.9 cm³/mol. The van der Waals surface area contributed by atoms with Gasteiger partial charge in [0.15, 0.2) is 5.78 Å². The molecule has 2 atom stereocenters. The monoisotopic (exact) mass is 385 g/mol. The molecule has 0 spiro atoms. The normalized spacial score (nSPS) is 21.6. The van der Waals surface area contributed by atoms with Gasteiger partial charge >= 0.3 is 5.97 Å². The zero-order valence-electron chi connectivity index (χ0n) is 15.4. The Bertz CT molecular complexity index is 962. The van der Waals surface area contributed by atoms with Crippen LogP contribution in [0.2, 0.25) is 0 Å². The number of aryl methyl sites for hydroxylation is 2. The lowest BCUT2D eigenvalue weighted by Crippen LogP contribution is -2.31. The van der Waals surface area contributed by atoms with Gasteiger partial charge in [0.2, 0.25) is 0 Å². The largest absolute Gasteiger partial charge is 0.481 e. The van der Waals surface area contributed by atoms with Crippen molar-refractivity contribution in [2.24, 2.45) is 5.92 Å². The quantitative estimate of drug-likeness (QED) is 0.877. The second-order valence-corrected chi connectivity index (χ2v) is 7.42. The van der Waals surface area contributed by atoms with Crippen LogP contribution in [0.1, 0.15) is 56.6 Å². The minimum absolute atomic E-state index is 0.0315. The van der Waals surface area contributed by atoms with E-state index in [4.69, 9.17) is 4.42 Å². The number of furan rings is 1. The van der Waals surface area contributed by atoms with E-state index >= 15 is 0 Å². The van der Waals surface area contributed by atoms with Crippen molar-refractivity contribution < 1.29 is 28.3 Å². The van der Waals surface area contributed by atoms with Crippen molar-refractivity contribution in [2.75, 3.05) is 13.1 Å². The highest BCUT2D eigenvalue weighted by atomic mass is 19.1. The van der Waals surface area contributed by atoms with E-state index in [1.807, 2.05) is 0 Å². The fraction of sp³-hybridized carbons (Fsp3) is 0.381. The number of carboxylic acid groups (broad SMARTS) is 1. The number of nitrogens with zero attached hydrogens (tertiary/aromatic N) is 1. The Labute approximate surface area is 160 Å². The number of benzene rings is 1. The lowest BCUT2D eigenvalue weighted by atomic mass is 9.89. The maximum absolute atomic E-state index is 13.2. The summed E-state index contributed by atoms with van der Waals surface area (Å²) in [7, 11) is 0. The molecule has 1 aliphatic heterocycles. The summed E-state index contributed by atoms with van der Waals surface area (Å²) in [4.78, 5) is 38.8. The van der Waals surface area contributed by atoms with Crippen molar-refractivity contribution in [3.8, 4) is 0 Å². The predicted octanol–water partition coefficient (Wildman–Crippen LogP) is 3.19. The first kappa shape index (κ1) is 18.4. The molecule has 146 valence electrons. The summed E-state index contributed by atoms with van der Waals surface area (Å²) in [5.74, 6) is -2.20. The first-order valence-corrected chi connectivity index (χ1v) is 9.29. The molecule has 4 rings (SSSR count). The molecule has 1 aliphatic carbocycles. The van der Waals surface area contributed by atoms with Gasteiger partial charge in [0.05, 0.1) is 17.0 Å². The van der Waals surface area contributed by atoms with Gasteiger partial charge in [-0.2, -0.15) is 0 Å². The van der Waals surface area contributed by atoms with E-state index < -0.39 is 23.6 Å². The van der Waals surface area contributed by atoms with Gasteiger partial charge in [-0.05, 0) is 31.0 Å². The van der Waals surface area contributed by atoms with Crippen LogP contribution < -0.4 is 0 Å². The molecular weight excluding hydrogens is 365 g/mol. The molecule has 1 amide bonds. The van der Waals surface area contributed by atoms with Crippen molar-refractivity contribution in [3.63, 3.8) is 0 Å². The van der Waals surface area contributed by atoms with Gasteiger partial charge in [0.1, 0.15) is 17.3 Å².